The molecule has 0 unspecified atom stereocenters. The third-order valence-electron chi connectivity index (χ3n) is 7.29. The van der Waals surface area contributed by atoms with E-state index in [2.05, 4.69) is 33.5 Å². The molecule has 0 spiro atoms. The van der Waals surface area contributed by atoms with Crippen molar-refractivity contribution < 1.29 is 0 Å². The molecule has 2 saturated heterocycles. The van der Waals surface area contributed by atoms with E-state index >= 15 is 0 Å². The molecular formula is C28H30N4O4. The maximum atomic E-state index is 12.9. The van der Waals surface area contributed by atoms with E-state index in [9.17, 15) is 19.2 Å². The SMILES string of the molecule is O=c1c2cc3c(=O)n(CC#CCN4CCCCC4)c(=O)c3cc2c(=O)n1CC#CCN1CCCCC1. The molecule has 0 aliphatic carbocycles. The summed E-state index contributed by atoms with van der Waals surface area (Å²) in [5.41, 5.74) is -1.93. The third kappa shape index (κ3) is 4.80. The molecule has 5 rings (SSSR count). The van der Waals surface area contributed by atoms with Crippen molar-refractivity contribution in [2.24, 2.45) is 0 Å². The number of aromatic nitrogens is 2. The summed E-state index contributed by atoms with van der Waals surface area (Å²) in [5, 5.41) is 0.595. The van der Waals surface area contributed by atoms with Crippen LogP contribution < -0.4 is 22.2 Å². The summed E-state index contributed by atoms with van der Waals surface area (Å²) in [6, 6.07) is 2.76. The van der Waals surface area contributed by atoms with Crippen LogP contribution in [0.25, 0.3) is 21.5 Å². The van der Waals surface area contributed by atoms with E-state index in [1.807, 2.05) is 0 Å². The number of hydrogen-bond acceptors (Lipinski definition) is 6. The van der Waals surface area contributed by atoms with Crippen molar-refractivity contribution in [1.29, 1.82) is 0 Å². The summed E-state index contributed by atoms with van der Waals surface area (Å²) in [6.07, 6.45) is 7.18. The Labute approximate surface area is 208 Å². The van der Waals surface area contributed by atoms with Crippen LogP contribution in [0.1, 0.15) is 38.5 Å². The molecule has 2 aromatic heterocycles. The van der Waals surface area contributed by atoms with Crippen molar-refractivity contribution in [3.8, 4) is 23.7 Å². The average Bonchev–Trinajstić information content (AvgIpc) is 3.28. The van der Waals surface area contributed by atoms with Gasteiger partial charge >= 0.3 is 0 Å². The minimum atomic E-state index is -0.481. The minimum Gasteiger partial charge on any atom is -0.292 e. The van der Waals surface area contributed by atoms with Crippen molar-refractivity contribution in [2.45, 2.75) is 51.6 Å². The van der Waals surface area contributed by atoms with Gasteiger partial charge in [0.1, 0.15) is 0 Å². The molecule has 8 heteroatoms. The zero-order chi connectivity index (χ0) is 25.1. The number of piperidine rings is 2. The Morgan fingerprint density at radius 1 is 0.472 bits per heavy atom. The van der Waals surface area contributed by atoms with Crippen molar-refractivity contribution in [3.05, 3.63) is 53.5 Å². The molecule has 36 heavy (non-hydrogen) atoms. The first-order valence-corrected chi connectivity index (χ1v) is 12.8. The largest absolute Gasteiger partial charge is 0.292 e. The molecule has 0 radical (unpaired) electrons. The van der Waals surface area contributed by atoms with Gasteiger partial charge in [0.05, 0.1) is 47.7 Å². The summed E-state index contributed by atoms with van der Waals surface area (Å²) in [6.45, 7) is 5.32. The second-order valence-electron chi connectivity index (χ2n) is 9.72. The monoisotopic (exact) mass is 486 g/mol. The lowest BCUT2D eigenvalue weighted by molar-refractivity contribution is 0.255. The maximum absolute atomic E-state index is 12.9. The van der Waals surface area contributed by atoms with Crippen LogP contribution in [0.4, 0.5) is 0 Å². The molecule has 3 aromatic rings. The molecular weight excluding hydrogens is 456 g/mol. The highest BCUT2D eigenvalue weighted by Crippen LogP contribution is 2.14. The Hall–Kier alpha value is -3.46. The quantitative estimate of drug-likeness (QED) is 0.510. The fourth-order valence-corrected chi connectivity index (χ4v) is 5.20. The second-order valence-corrected chi connectivity index (χ2v) is 9.72. The molecule has 2 aliphatic heterocycles. The van der Waals surface area contributed by atoms with Crippen LogP contribution in [0, 0.1) is 23.7 Å². The van der Waals surface area contributed by atoms with E-state index in [1.54, 1.807) is 0 Å². The maximum Gasteiger partial charge on any atom is 0.262 e. The van der Waals surface area contributed by atoms with Gasteiger partial charge in [-0.2, -0.15) is 0 Å². The van der Waals surface area contributed by atoms with E-state index < -0.39 is 22.2 Å². The number of fused-ring (bicyclic) bond motifs is 2. The van der Waals surface area contributed by atoms with Gasteiger partial charge in [-0.1, -0.05) is 36.5 Å². The number of rotatable bonds is 4. The zero-order valence-electron chi connectivity index (χ0n) is 20.5. The fraction of sp³-hybridized carbons (Fsp3) is 0.500. The number of nitrogens with zero attached hydrogens (tertiary/aromatic N) is 4. The molecule has 0 atom stereocenters. The standard InChI is InChI=1S/C28H30N4O4/c33-25-21-19-23-24(28(36)32(27(23)35)18-10-8-16-30-13-5-2-6-14-30)20-22(21)26(34)31(25)17-9-7-15-29-11-3-1-4-12-29/h19-20H,1-6,11-18H2. The van der Waals surface area contributed by atoms with E-state index in [0.717, 1.165) is 35.3 Å². The highest BCUT2D eigenvalue weighted by atomic mass is 16.2. The predicted octanol–water partition coefficient (Wildman–Crippen LogP) is 0.891. The highest BCUT2D eigenvalue weighted by molar-refractivity contribution is 5.97. The smallest absolute Gasteiger partial charge is 0.262 e. The van der Waals surface area contributed by atoms with E-state index in [1.165, 1.54) is 50.7 Å². The minimum absolute atomic E-state index is 0.00845. The summed E-state index contributed by atoms with van der Waals surface area (Å²) in [7, 11) is 0. The number of likely N-dealkylation sites (tertiary alicyclic amines) is 2. The Bertz CT molecular complexity index is 1410. The van der Waals surface area contributed by atoms with Gasteiger partial charge < -0.3 is 0 Å². The van der Waals surface area contributed by atoms with Crippen LogP contribution in [-0.2, 0) is 13.1 Å². The molecule has 0 bridgehead atoms. The van der Waals surface area contributed by atoms with Crippen molar-refractivity contribution in [2.75, 3.05) is 39.3 Å². The van der Waals surface area contributed by atoms with Gasteiger partial charge in [0.2, 0.25) is 0 Å². The van der Waals surface area contributed by atoms with Gasteiger partial charge in [-0.05, 0) is 64.0 Å². The summed E-state index contributed by atoms with van der Waals surface area (Å²) < 4.78 is 2.17. The van der Waals surface area contributed by atoms with Crippen LogP contribution in [0.2, 0.25) is 0 Å². The summed E-state index contributed by atoms with van der Waals surface area (Å²) >= 11 is 0. The molecule has 8 nitrogen and oxygen atoms in total. The second kappa shape index (κ2) is 10.7. The Kier molecular flexibility index (Phi) is 7.18. The molecule has 186 valence electrons. The van der Waals surface area contributed by atoms with Gasteiger partial charge in [-0.25, -0.2) is 0 Å². The summed E-state index contributed by atoms with van der Waals surface area (Å²) in [5.74, 6) is 12.0. The lowest BCUT2D eigenvalue weighted by Gasteiger charge is -2.23. The average molecular weight is 487 g/mol. The molecule has 0 N–H and O–H groups in total. The first-order valence-electron chi connectivity index (χ1n) is 12.8. The highest BCUT2D eigenvalue weighted by Gasteiger charge is 2.19. The zero-order valence-corrected chi connectivity index (χ0v) is 20.5. The Morgan fingerprint density at radius 3 is 1.11 bits per heavy atom. The lowest BCUT2D eigenvalue weighted by atomic mass is 10.1. The number of hydrogen-bond donors (Lipinski definition) is 0. The molecule has 2 fully saturated rings. The van der Waals surface area contributed by atoms with Gasteiger partial charge in [-0.15, -0.1) is 0 Å². The summed E-state index contributed by atoms with van der Waals surface area (Å²) in [4.78, 5) is 56.2. The molecule has 2 aliphatic rings. The lowest BCUT2D eigenvalue weighted by Crippen LogP contribution is -2.30. The first kappa shape index (κ1) is 24.2. The Morgan fingerprint density at radius 2 is 0.778 bits per heavy atom. The Balaban J connectivity index is 1.37. The van der Waals surface area contributed by atoms with Crippen LogP contribution in [-0.4, -0.2) is 58.2 Å². The van der Waals surface area contributed by atoms with Crippen molar-refractivity contribution >= 4 is 21.5 Å². The fourth-order valence-electron chi connectivity index (χ4n) is 5.20. The van der Waals surface area contributed by atoms with Crippen LogP contribution in [0.3, 0.4) is 0 Å². The molecule has 0 saturated carbocycles. The van der Waals surface area contributed by atoms with Gasteiger partial charge in [0.25, 0.3) is 22.2 Å². The topological polar surface area (TPSA) is 84.6 Å². The number of benzene rings is 1. The third-order valence-corrected chi connectivity index (χ3v) is 7.29. The first-order chi connectivity index (χ1) is 17.5. The van der Waals surface area contributed by atoms with Gasteiger partial charge in [-0.3, -0.25) is 38.1 Å². The van der Waals surface area contributed by atoms with E-state index in [0.29, 0.717) is 13.1 Å². The van der Waals surface area contributed by atoms with Gasteiger partial charge in [0.15, 0.2) is 0 Å². The van der Waals surface area contributed by atoms with Crippen molar-refractivity contribution in [1.82, 2.24) is 18.9 Å². The van der Waals surface area contributed by atoms with Crippen LogP contribution in [0.15, 0.2) is 31.3 Å². The van der Waals surface area contributed by atoms with Crippen LogP contribution in [0.5, 0.6) is 0 Å². The predicted molar refractivity (Wildman–Crippen MR) is 141 cm³/mol. The molecule has 0 amide bonds. The van der Waals surface area contributed by atoms with Crippen LogP contribution >= 0.6 is 0 Å². The van der Waals surface area contributed by atoms with Crippen molar-refractivity contribution in [3.63, 3.8) is 0 Å². The van der Waals surface area contributed by atoms with E-state index in [4.69, 9.17) is 0 Å². The molecule has 4 heterocycles. The normalized spacial score (nSPS) is 17.1. The van der Waals surface area contributed by atoms with Gasteiger partial charge in [0, 0.05) is 0 Å². The molecule has 1 aromatic carbocycles. The van der Waals surface area contributed by atoms with E-state index in [-0.39, 0.29) is 34.6 Å².